The van der Waals surface area contributed by atoms with E-state index in [1.165, 1.54) is 83.5 Å². The summed E-state index contributed by atoms with van der Waals surface area (Å²) < 4.78 is 11.2. The van der Waals surface area contributed by atoms with Crippen LogP contribution in [0.1, 0.15) is 156 Å². The Bertz CT molecular complexity index is 516. The summed E-state index contributed by atoms with van der Waals surface area (Å²) in [5, 5.41) is 0. The van der Waals surface area contributed by atoms with Crippen LogP contribution in [0.3, 0.4) is 0 Å². The predicted octanol–water partition coefficient (Wildman–Crippen LogP) is 9.19. The second kappa shape index (κ2) is 22.2. The summed E-state index contributed by atoms with van der Waals surface area (Å²) in [6, 6.07) is 0. The van der Waals surface area contributed by atoms with E-state index in [-0.39, 0.29) is 23.8 Å². The molecule has 2 unspecified atom stereocenters. The van der Waals surface area contributed by atoms with Crippen LogP contribution < -0.4 is 0 Å². The fourth-order valence-corrected chi connectivity index (χ4v) is 5.21. The van der Waals surface area contributed by atoms with E-state index in [2.05, 4.69) is 20.8 Å². The van der Waals surface area contributed by atoms with E-state index >= 15 is 0 Å². The lowest BCUT2D eigenvalue weighted by molar-refractivity contribution is -0.163. The summed E-state index contributed by atoms with van der Waals surface area (Å²) in [5.41, 5.74) is 0. The Hall–Kier alpha value is -1.06. The second-order valence-electron chi connectivity index (χ2n) is 11.3. The average molecular weight is 495 g/mol. The number of hydrogen-bond donors (Lipinski definition) is 0. The van der Waals surface area contributed by atoms with Crippen LogP contribution in [0, 0.1) is 17.8 Å². The first-order chi connectivity index (χ1) is 17.1. The fourth-order valence-electron chi connectivity index (χ4n) is 5.21. The molecule has 4 nitrogen and oxygen atoms in total. The fraction of sp³-hybridized carbons (Fsp3) is 0.935. The molecule has 0 aliphatic heterocycles. The Morgan fingerprint density at radius 1 is 0.600 bits per heavy atom. The summed E-state index contributed by atoms with van der Waals surface area (Å²) >= 11 is 0. The van der Waals surface area contributed by atoms with Gasteiger partial charge in [0.25, 0.3) is 0 Å². The minimum Gasteiger partial charge on any atom is -0.465 e. The summed E-state index contributed by atoms with van der Waals surface area (Å²) in [7, 11) is 0. The van der Waals surface area contributed by atoms with Gasteiger partial charge in [0.15, 0.2) is 0 Å². The summed E-state index contributed by atoms with van der Waals surface area (Å²) in [5.74, 6) is -0.150. The number of ether oxygens (including phenoxy) is 2. The van der Waals surface area contributed by atoms with Crippen LogP contribution in [0.15, 0.2) is 0 Å². The third-order valence-corrected chi connectivity index (χ3v) is 7.53. The van der Waals surface area contributed by atoms with E-state index in [1.54, 1.807) is 0 Å². The molecule has 0 saturated heterocycles. The van der Waals surface area contributed by atoms with E-state index in [4.69, 9.17) is 9.47 Å². The molecule has 206 valence electrons. The summed E-state index contributed by atoms with van der Waals surface area (Å²) in [6.45, 7) is 7.81. The Morgan fingerprint density at radius 3 is 1.37 bits per heavy atom. The van der Waals surface area contributed by atoms with Gasteiger partial charge in [0.1, 0.15) is 0 Å². The van der Waals surface area contributed by atoms with Crippen molar-refractivity contribution in [2.45, 2.75) is 156 Å². The maximum atomic E-state index is 12.7. The molecule has 2 atom stereocenters. The number of unbranched alkanes of at least 4 members (excludes halogenated alkanes) is 14. The second-order valence-corrected chi connectivity index (χ2v) is 11.3. The molecule has 0 aromatic heterocycles. The number of carbonyl (C=O) groups is 2. The van der Waals surface area contributed by atoms with Gasteiger partial charge < -0.3 is 9.47 Å². The van der Waals surface area contributed by atoms with E-state index in [1.807, 2.05) is 0 Å². The van der Waals surface area contributed by atoms with E-state index < -0.39 is 0 Å². The zero-order valence-electron chi connectivity index (χ0n) is 23.6. The number of rotatable bonds is 22. The molecule has 1 fully saturated rings. The van der Waals surface area contributed by atoms with Gasteiger partial charge in [-0.05, 0) is 31.6 Å². The van der Waals surface area contributed by atoms with Crippen LogP contribution in [0.5, 0.6) is 0 Å². The number of hydrogen-bond acceptors (Lipinski definition) is 4. The summed E-state index contributed by atoms with van der Waals surface area (Å²) in [6.07, 6.45) is 24.6. The smallest absolute Gasteiger partial charge is 0.309 e. The van der Waals surface area contributed by atoms with Crippen molar-refractivity contribution in [2.75, 3.05) is 13.2 Å². The first-order valence-corrected chi connectivity index (χ1v) is 15.4. The molecule has 4 heteroatoms. The van der Waals surface area contributed by atoms with Gasteiger partial charge in [-0.15, -0.1) is 0 Å². The Morgan fingerprint density at radius 2 is 0.971 bits per heavy atom. The van der Waals surface area contributed by atoms with E-state index in [0.29, 0.717) is 13.2 Å². The quantitative estimate of drug-likeness (QED) is 0.111. The Labute approximate surface area is 217 Å². The first-order valence-electron chi connectivity index (χ1n) is 15.4. The van der Waals surface area contributed by atoms with Gasteiger partial charge >= 0.3 is 11.9 Å². The highest BCUT2D eigenvalue weighted by Gasteiger charge is 2.37. The van der Waals surface area contributed by atoms with Crippen LogP contribution >= 0.6 is 0 Å². The van der Waals surface area contributed by atoms with Crippen molar-refractivity contribution in [1.82, 2.24) is 0 Å². The highest BCUT2D eigenvalue weighted by atomic mass is 16.5. The lowest BCUT2D eigenvalue weighted by Gasteiger charge is -2.28. The molecular weight excluding hydrogens is 436 g/mol. The van der Waals surface area contributed by atoms with Crippen molar-refractivity contribution in [3.8, 4) is 0 Å². The van der Waals surface area contributed by atoms with Gasteiger partial charge in [0.2, 0.25) is 0 Å². The van der Waals surface area contributed by atoms with Gasteiger partial charge in [-0.1, -0.05) is 130 Å². The van der Waals surface area contributed by atoms with Crippen LogP contribution in [0.4, 0.5) is 0 Å². The lowest BCUT2D eigenvalue weighted by atomic mass is 9.79. The maximum Gasteiger partial charge on any atom is 0.309 e. The molecular formula is C31H58O4. The van der Waals surface area contributed by atoms with Crippen LogP contribution in [0.2, 0.25) is 0 Å². The number of esters is 2. The van der Waals surface area contributed by atoms with Crippen molar-refractivity contribution >= 4 is 11.9 Å². The standard InChI is InChI=1S/C31H58O4/c1-4-5-6-7-8-9-12-15-20-25-34-30(32)28-23-18-19-24-29(28)31(33)35-26-21-16-13-10-11-14-17-22-27(2)3/h27-29H,4-26H2,1-3H3. The molecule has 35 heavy (non-hydrogen) atoms. The van der Waals surface area contributed by atoms with Gasteiger partial charge in [-0.25, -0.2) is 0 Å². The SMILES string of the molecule is CCCCCCCCCCCOC(=O)C1CCCCC1C(=O)OCCCCCCCCCC(C)C. The van der Waals surface area contributed by atoms with E-state index in [0.717, 1.165) is 57.3 Å². The van der Waals surface area contributed by atoms with Gasteiger partial charge in [-0.2, -0.15) is 0 Å². The highest BCUT2D eigenvalue weighted by molar-refractivity contribution is 5.82. The predicted molar refractivity (Wildman–Crippen MR) is 146 cm³/mol. The molecule has 0 aromatic rings. The molecule has 0 aromatic carbocycles. The maximum absolute atomic E-state index is 12.7. The minimum absolute atomic E-state index is 0.177. The van der Waals surface area contributed by atoms with Crippen molar-refractivity contribution in [1.29, 1.82) is 0 Å². The molecule has 0 amide bonds. The minimum atomic E-state index is -0.305. The molecule has 1 rings (SSSR count). The molecule has 0 N–H and O–H groups in total. The largest absolute Gasteiger partial charge is 0.465 e. The van der Waals surface area contributed by atoms with Crippen molar-refractivity contribution in [2.24, 2.45) is 17.8 Å². The van der Waals surface area contributed by atoms with Crippen molar-refractivity contribution in [3.63, 3.8) is 0 Å². The van der Waals surface area contributed by atoms with Gasteiger partial charge in [0.05, 0.1) is 25.0 Å². The zero-order chi connectivity index (χ0) is 25.6. The Kier molecular flexibility index (Phi) is 20.2. The van der Waals surface area contributed by atoms with E-state index in [9.17, 15) is 9.59 Å². The molecule has 1 aliphatic carbocycles. The van der Waals surface area contributed by atoms with Gasteiger partial charge in [0, 0.05) is 0 Å². The first kappa shape index (κ1) is 32.0. The molecule has 0 bridgehead atoms. The molecule has 0 radical (unpaired) electrons. The van der Waals surface area contributed by atoms with Gasteiger partial charge in [-0.3, -0.25) is 9.59 Å². The highest BCUT2D eigenvalue weighted by Crippen LogP contribution is 2.32. The lowest BCUT2D eigenvalue weighted by Crippen LogP contribution is -2.35. The molecule has 1 aliphatic rings. The van der Waals surface area contributed by atoms with Crippen molar-refractivity contribution in [3.05, 3.63) is 0 Å². The Balaban J connectivity index is 2.10. The van der Waals surface area contributed by atoms with Crippen molar-refractivity contribution < 1.29 is 19.1 Å². The third-order valence-electron chi connectivity index (χ3n) is 7.53. The average Bonchev–Trinajstić information content (AvgIpc) is 2.85. The van der Waals surface area contributed by atoms with Crippen LogP contribution in [-0.2, 0) is 19.1 Å². The normalized spacial score (nSPS) is 18.1. The molecule has 1 saturated carbocycles. The molecule has 0 spiro atoms. The third kappa shape index (κ3) is 17.1. The summed E-state index contributed by atoms with van der Waals surface area (Å²) in [4.78, 5) is 25.4. The number of carbonyl (C=O) groups excluding carboxylic acids is 2. The monoisotopic (exact) mass is 494 g/mol. The molecule has 0 heterocycles. The van der Waals surface area contributed by atoms with Crippen LogP contribution in [-0.4, -0.2) is 25.2 Å². The van der Waals surface area contributed by atoms with Crippen LogP contribution in [0.25, 0.3) is 0 Å². The zero-order valence-corrected chi connectivity index (χ0v) is 23.6. The topological polar surface area (TPSA) is 52.6 Å².